The zero-order chi connectivity index (χ0) is 20.0. The fourth-order valence-electron chi connectivity index (χ4n) is 4.31. The van der Waals surface area contributed by atoms with E-state index >= 15 is 0 Å². The van der Waals surface area contributed by atoms with Gasteiger partial charge in [0.15, 0.2) is 0 Å². The summed E-state index contributed by atoms with van der Waals surface area (Å²) in [6, 6.07) is 20.1. The Kier molecular flexibility index (Phi) is 6.95. The summed E-state index contributed by atoms with van der Waals surface area (Å²) in [5.74, 6) is 0.207. The summed E-state index contributed by atoms with van der Waals surface area (Å²) in [4.78, 5) is 13.9. The smallest absolute Gasteiger partial charge is 0.321 e. The van der Waals surface area contributed by atoms with Crippen molar-refractivity contribution < 1.29 is 9.53 Å². The molecule has 150 valence electrons. The molecule has 1 fully saturated rings. The zero-order valence-electron chi connectivity index (χ0n) is 16.8. The van der Waals surface area contributed by atoms with E-state index in [1.54, 1.807) is 0 Å². The average molecular weight is 444 g/mol. The Morgan fingerprint density at radius 2 is 1.50 bits per heavy atom. The van der Waals surface area contributed by atoms with E-state index in [0.717, 1.165) is 37.1 Å². The van der Waals surface area contributed by atoms with E-state index in [1.807, 2.05) is 60.7 Å². The number of hydrogen-bond donors (Lipinski definition) is 1. The summed E-state index contributed by atoms with van der Waals surface area (Å²) in [5, 5.41) is 4.10. The largest absolute Gasteiger partial charge is 0.458 e. The van der Waals surface area contributed by atoms with E-state index in [2.05, 4.69) is 35.1 Å². The highest BCUT2D eigenvalue weighted by Crippen LogP contribution is 2.40. The third-order valence-electron chi connectivity index (χ3n) is 6.03. The summed E-state index contributed by atoms with van der Waals surface area (Å²) in [6.45, 7) is 6.09. The van der Waals surface area contributed by atoms with Crippen molar-refractivity contribution in [3.8, 4) is 0 Å². The Hall–Kier alpha value is -1.65. The van der Waals surface area contributed by atoms with Crippen LogP contribution in [0.25, 0.3) is 0 Å². The lowest BCUT2D eigenvalue weighted by molar-refractivity contribution is -0.168. The minimum Gasteiger partial charge on any atom is -0.458 e. The van der Waals surface area contributed by atoms with Crippen LogP contribution in [0, 0.1) is 5.92 Å². The molecule has 0 aliphatic carbocycles. The molecule has 1 aliphatic rings. The van der Waals surface area contributed by atoms with Gasteiger partial charge < -0.3 is 10.1 Å². The third-order valence-corrected chi connectivity index (χ3v) is 6.43. The fourth-order valence-corrected chi connectivity index (χ4v) is 4.90. The molecule has 0 amide bonds. The van der Waals surface area contributed by atoms with E-state index in [-0.39, 0.29) is 5.97 Å². The van der Waals surface area contributed by atoms with Crippen LogP contribution in [-0.2, 0) is 14.9 Å². The Morgan fingerprint density at radius 1 is 1.00 bits per heavy atom. The molecular formula is C24H30BrNO2. The van der Waals surface area contributed by atoms with Gasteiger partial charge in [0.25, 0.3) is 0 Å². The van der Waals surface area contributed by atoms with Crippen molar-refractivity contribution in [1.29, 1.82) is 0 Å². The number of carbonyl (C=O) groups excluding carboxylic acids is 1. The Bertz CT molecular complexity index is 715. The van der Waals surface area contributed by atoms with E-state index in [1.165, 1.54) is 0 Å². The Balaban J connectivity index is 2.01. The minimum atomic E-state index is -0.823. The van der Waals surface area contributed by atoms with Crippen LogP contribution >= 0.6 is 15.9 Å². The molecule has 0 spiro atoms. The van der Waals surface area contributed by atoms with Crippen molar-refractivity contribution in [2.45, 2.75) is 44.1 Å². The highest BCUT2D eigenvalue weighted by atomic mass is 79.9. The number of alkyl halides is 1. The molecule has 1 N–H and O–H groups in total. The predicted molar refractivity (Wildman–Crippen MR) is 118 cm³/mol. The lowest BCUT2D eigenvalue weighted by atomic mass is 9.72. The number of carbonyl (C=O) groups is 1. The van der Waals surface area contributed by atoms with Crippen LogP contribution in [0.1, 0.15) is 44.2 Å². The number of esters is 1. The summed E-state index contributed by atoms with van der Waals surface area (Å²) >= 11 is 3.59. The molecule has 4 heteroatoms. The summed E-state index contributed by atoms with van der Waals surface area (Å²) in [6.07, 6.45) is 2.70. The first kappa shape index (κ1) is 21.1. The fraction of sp³-hybridized carbons (Fsp3) is 0.458. The van der Waals surface area contributed by atoms with E-state index in [4.69, 9.17) is 4.74 Å². The van der Waals surface area contributed by atoms with Crippen LogP contribution in [0.5, 0.6) is 0 Å². The van der Waals surface area contributed by atoms with Gasteiger partial charge in [0.05, 0.1) is 0 Å². The van der Waals surface area contributed by atoms with Gasteiger partial charge in [0.1, 0.15) is 11.0 Å². The van der Waals surface area contributed by atoms with E-state index < -0.39 is 11.0 Å². The molecule has 0 radical (unpaired) electrons. The number of ether oxygens (including phenoxy) is 1. The lowest BCUT2D eigenvalue weighted by Crippen LogP contribution is -2.48. The number of piperidine rings is 1. The molecule has 2 aromatic rings. The highest BCUT2D eigenvalue weighted by molar-refractivity contribution is 9.09. The number of halogens is 1. The first-order chi connectivity index (χ1) is 13.5. The maximum atomic E-state index is 13.9. The van der Waals surface area contributed by atoms with Gasteiger partial charge in [-0.1, -0.05) is 76.6 Å². The Labute approximate surface area is 177 Å². The van der Waals surface area contributed by atoms with Gasteiger partial charge in [-0.05, 0) is 57.3 Å². The maximum Gasteiger partial charge on any atom is 0.321 e. The van der Waals surface area contributed by atoms with Crippen molar-refractivity contribution in [1.82, 2.24) is 5.32 Å². The van der Waals surface area contributed by atoms with Gasteiger partial charge in [0, 0.05) is 11.2 Å². The number of hydrogen-bond acceptors (Lipinski definition) is 3. The number of rotatable bonds is 7. The molecule has 1 aliphatic heterocycles. The quantitative estimate of drug-likeness (QED) is 0.478. The molecule has 2 aromatic carbocycles. The molecule has 3 nitrogen and oxygen atoms in total. The summed E-state index contributed by atoms with van der Waals surface area (Å²) < 4.78 is 6.32. The third kappa shape index (κ3) is 4.33. The molecule has 1 heterocycles. The number of nitrogens with one attached hydrogen (secondary N) is 1. The highest BCUT2D eigenvalue weighted by Gasteiger charge is 2.46. The van der Waals surface area contributed by atoms with Crippen LogP contribution < -0.4 is 5.32 Å². The van der Waals surface area contributed by atoms with Crippen LogP contribution in [0.15, 0.2) is 60.7 Å². The van der Waals surface area contributed by atoms with Gasteiger partial charge in [-0.25, -0.2) is 0 Å². The normalized spacial score (nSPS) is 16.0. The molecule has 0 unspecified atom stereocenters. The topological polar surface area (TPSA) is 38.3 Å². The summed E-state index contributed by atoms with van der Waals surface area (Å²) in [5.41, 5.74) is 0.634. The standard InChI is InChI=1S/C24H30BrNO2/c1-23(2,19-13-17-26-18-14-19)28-22(27)24(15-16-25,20-9-5-3-6-10-20)21-11-7-4-8-12-21/h3-12,19,26H,13-18H2,1-2H3. The minimum absolute atomic E-state index is 0.159. The summed E-state index contributed by atoms with van der Waals surface area (Å²) in [7, 11) is 0. The second-order valence-electron chi connectivity index (χ2n) is 8.09. The van der Waals surface area contributed by atoms with Crippen LogP contribution in [-0.4, -0.2) is 30.0 Å². The van der Waals surface area contributed by atoms with Gasteiger partial charge in [-0.2, -0.15) is 0 Å². The van der Waals surface area contributed by atoms with Gasteiger partial charge in [0.2, 0.25) is 0 Å². The molecule has 0 atom stereocenters. The van der Waals surface area contributed by atoms with Crippen molar-refractivity contribution in [3.05, 3.63) is 71.8 Å². The van der Waals surface area contributed by atoms with Gasteiger partial charge in [-0.3, -0.25) is 4.79 Å². The van der Waals surface area contributed by atoms with Crippen LogP contribution in [0.2, 0.25) is 0 Å². The second kappa shape index (κ2) is 9.23. The molecule has 1 saturated heterocycles. The first-order valence-corrected chi connectivity index (χ1v) is 11.2. The van der Waals surface area contributed by atoms with Crippen molar-refractivity contribution in [3.63, 3.8) is 0 Å². The van der Waals surface area contributed by atoms with Crippen LogP contribution in [0.3, 0.4) is 0 Å². The molecule has 3 rings (SSSR count). The van der Waals surface area contributed by atoms with Crippen molar-refractivity contribution in [2.75, 3.05) is 18.4 Å². The zero-order valence-corrected chi connectivity index (χ0v) is 18.4. The van der Waals surface area contributed by atoms with Gasteiger partial charge in [-0.15, -0.1) is 0 Å². The number of benzene rings is 2. The van der Waals surface area contributed by atoms with E-state index in [9.17, 15) is 4.79 Å². The van der Waals surface area contributed by atoms with Crippen molar-refractivity contribution in [2.24, 2.45) is 5.92 Å². The van der Waals surface area contributed by atoms with Crippen LogP contribution in [0.4, 0.5) is 0 Å². The second-order valence-corrected chi connectivity index (χ2v) is 8.89. The lowest BCUT2D eigenvalue weighted by Gasteiger charge is -2.41. The van der Waals surface area contributed by atoms with Gasteiger partial charge >= 0.3 is 5.97 Å². The average Bonchev–Trinajstić information content (AvgIpc) is 2.73. The SMILES string of the molecule is CC(C)(OC(=O)C(CCBr)(c1ccccc1)c1ccccc1)C1CCNCC1. The Morgan fingerprint density at radius 3 is 1.96 bits per heavy atom. The van der Waals surface area contributed by atoms with Crippen molar-refractivity contribution >= 4 is 21.9 Å². The maximum absolute atomic E-state index is 13.9. The van der Waals surface area contributed by atoms with E-state index in [0.29, 0.717) is 17.7 Å². The molecule has 0 saturated carbocycles. The molecule has 28 heavy (non-hydrogen) atoms. The molecule has 0 bridgehead atoms. The predicted octanol–water partition coefficient (Wildman–Crippen LogP) is 5.08. The molecule has 0 aromatic heterocycles. The monoisotopic (exact) mass is 443 g/mol. The molecular weight excluding hydrogens is 414 g/mol. The first-order valence-electron chi connectivity index (χ1n) is 10.1.